The maximum Gasteiger partial charge on any atom is 0.245 e. The van der Waals surface area contributed by atoms with Crippen LogP contribution < -0.4 is 10.6 Å². The maximum atomic E-state index is 12.1. The second-order valence-electron chi connectivity index (χ2n) is 5.00. The summed E-state index contributed by atoms with van der Waals surface area (Å²) in [5, 5.41) is 6.25. The van der Waals surface area contributed by atoms with Crippen LogP contribution in [-0.4, -0.2) is 15.9 Å². The van der Waals surface area contributed by atoms with Crippen molar-refractivity contribution in [3.05, 3.63) is 70.2 Å². The van der Waals surface area contributed by atoms with Gasteiger partial charge in [-0.25, -0.2) is 0 Å². The minimum atomic E-state index is -1.79. The molecule has 0 heterocycles. The number of nitrogens with one attached hydrogen (secondary N) is 2. The molecule has 0 saturated heterocycles. The lowest BCUT2D eigenvalue weighted by Gasteiger charge is -2.27. The van der Waals surface area contributed by atoms with Gasteiger partial charge in [0.05, 0.1) is 10.0 Å². The summed E-state index contributed by atoms with van der Waals surface area (Å²) in [7, 11) is 0. The fourth-order valence-electron chi connectivity index (χ4n) is 1.88. The molecule has 2 rings (SSSR count). The summed E-state index contributed by atoms with van der Waals surface area (Å²) < 4.78 is -1.79. The van der Waals surface area contributed by atoms with Crippen molar-refractivity contribution in [1.82, 2.24) is 5.32 Å². The molecule has 0 radical (unpaired) electrons. The second kappa shape index (κ2) is 9.02. The summed E-state index contributed by atoms with van der Waals surface area (Å²) >= 11 is 29.7. The van der Waals surface area contributed by atoms with Gasteiger partial charge in [0.15, 0.2) is 0 Å². The number of anilines is 1. The molecular formula is C17H13Cl5N2O. The lowest BCUT2D eigenvalue weighted by atomic mass is 10.2. The maximum absolute atomic E-state index is 12.1. The predicted octanol–water partition coefficient (Wildman–Crippen LogP) is 5.93. The van der Waals surface area contributed by atoms with E-state index in [1.807, 2.05) is 30.3 Å². The highest BCUT2D eigenvalue weighted by Crippen LogP contribution is 2.32. The first-order valence-corrected chi connectivity index (χ1v) is 8.96. The lowest BCUT2D eigenvalue weighted by molar-refractivity contribution is -0.116. The zero-order valence-corrected chi connectivity index (χ0v) is 16.4. The molecule has 2 N–H and O–H groups in total. The van der Waals surface area contributed by atoms with Crippen LogP contribution in [0, 0.1) is 0 Å². The van der Waals surface area contributed by atoms with Gasteiger partial charge in [0.1, 0.15) is 6.17 Å². The Hall–Kier alpha value is -1.10. The summed E-state index contributed by atoms with van der Waals surface area (Å²) in [6.07, 6.45) is 2.03. The number of carbonyl (C=O) groups is 1. The van der Waals surface area contributed by atoms with E-state index in [4.69, 9.17) is 58.0 Å². The van der Waals surface area contributed by atoms with Crippen molar-refractivity contribution in [2.24, 2.45) is 0 Å². The highest BCUT2D eigenvalue weighted by atomic mass is 35.6. The van der Waals surface area contributed by atoms with Gasteiger partial charge in [-0.05, 0) is 29.8 Å². The molecule has 2 aromatic carbocycles. The average molecular weight is 439 g/mol. The van der Waals surface area contributed by atoms with Crippen LogP contribution in [0.15, 0.2) is 54.6 Å². The first-order valence-electron chi connectivity index (χ1n) is 7.07. The summed E-state index contributed by atoms with van der Waals surface area (Å²) in [5.74, 6) is -0.423. The van der Waals surface area contributed by atoms with E-state index in [2.05, 4.69) is 10.6 Å². The van der Waals surface area contributed by atoms with Gasteiger partial charge in [-0.1, -0.05) is 88.3 Å². The molecule has 1 atom stereocenters. The van der Waals surface area contributed by atoms with E-state index in [1.54, 1.807) is 24.3 Å². The predicted molar refractivity (Wildman–Crippen MR) is 108 cm³/mol. The van der Waals surface area contributed by atoms with Crippen LogP contribution in [0.4, 0.5) is 5.69 Å². The molecule has 0 fully saturated rings. The Morgan fingerprint density at radius 2 is 1.68 bits per heavy atom. The first-order chi connectivity index (χ1) is 11.8. The fraction of sp³-hybridized carbons (Fsp3) is 0.118. The minimum absolute atomic E-state index is 0.338. The number of amides is 1. The molecule has 132 valence electrons. The van der Waals surface area contributed by atoms with Crippen LogP contribution in [-0.2, 0) is 4.79 Å². The smallest absolute Gasteiger partial charge is 0.245 e. The Labute approximate surface area is 170 Å². The van der Waals surface area contributed by atoms with Gasteiger partial charge in [0.2, 0.25) is 9.70 Å². The van der Waals surface area contributed by atoms with Crippen molar-refractivity contribution in [3.8, 4) is 0 Å². The molecule has 0 aliphatic heterocycles. The third-order valence-electron chi connectivity index (χ3n) is 3.07. The number of hydrogen-bond donors (Lipinski definition) is 2. The standard InChI is InChI=1S/C17H13Cl5N2O/c18-13-8-7-12(10-14(13)19)23-16(17(20,21)22)24-15(25)9-6-11-4-2-1-3-5-11/h1-10,16,23H,(H,24,25)/b9-6-/t16-/m1/s1. The molecule has 2 aromatic rings. The summed E-state index contributed by atoms with van der Waals surface area (Å²) in [6, 6.07) is 14.2. The lowest BCUT2D eigenvalue weighted by Crippen LogP contribution is -2.48. The molecule has 0 bridgehead atoms. The molecule has 25 heavy (non-hydrogen) atoms. The van der Waals surface area contributed by atoms with E-state index in [9.17, 15) is 4.79 Å². The number of alkyl halides is 3. The van der Waals surface area contributed by atoms with E-state index < -0.39 is 15.9 Å². The molecule has 8 heteroatoms. The van der Waals surface area contributed by atoms with E-state index in [0.717, 1.165) is 5.56 Å². The summed E-state index contributed by atoms with van der Waals surface area (Å²) in [5.41, 5.74) is 1.42. The van der Waals surface area contributed by atoms with E-state index in [1.165, 1.54) is 6.08 Å². The normalized spacial score (nSPS) is 12.8. The molecule has 0 unspecified atom stereocenters. The molecule has 0 saturated carbocycles. The molecule has 0 spiro atoms. The molecule has 1 amide bonds. The monoisotopic (exact) mass is 436 g/mol. The Bertz CT molecular complexity index is 759. The van der Waals surface area contributed by atoms with Gasteiger partial charge in [-0.3, -0.25) is 4.79 Å². The van der Waals surface area contributed by atoms with Crippen LogP contribution in [0.25, 0.3) is 6.08 Å². The average Bonchev–Trinajstić information content (AvgIpc) is 2.56. The van der Waals surface area contributed by atoms with Gasteiger partial charge in [0, 0.05) is 11.8 Å². The van der Waals surface area contributed by atoms with Gasteiger partial charge in [0.25, 0.3) is 0 Å². The Balaban J connectivity index is 2.08. The number of carbonyl (C=O) groups excluding carboxylic acids is 1. The largest absolute Gasteiger partial charge is 0.362 e. The van der Waals surface area contributed by atoms with Crippen LogP contribution in [0.5, 0.6) is 0 Å². The third-order valence-corrected chi connectivity index (χ3v) is 4.46. The van der Waals surface area contributed by atoms with Gasteiger partial charge in [-0.15, -0.1) is 0 Å². The third kappa shape index (κ3) is 6.61. The molecule has 0 aliphatic carbocycles. The van der Waals surface area contributed by atoms with Crippen LogP contribution in [0.1, 0.15) is 5.56 Å². The molecular weight excluding hydrogens is 425 g/mol. The summed E-state index contributed by atoms with van der Waals surface area (Å²) in [6.45, 7) is 0. The van der Waals surface area contributed by atoms with Crippen molar-refractivity contribution in [1.29, 1.82) is 0 Å². The highest BCUT2D eigenvalue weighted by Gasteiger charge is 2.33. The van der Waals surface area contributed by atoms with Crippen molar-refractivity contribution in [3.63, 3.8) is 0 Å². The number of rotatable bonds is 5. The SMILES string of the molecule is O=C(/C=C\c1ccccc1)N[C@@H](Nc1ccc(Cl)c(Cl)c1)C(Cl)(Cl)Cl. The minimum Gasteiger partial charge on any atom is -0.362 e. The highest BCUT2D eigenvalue weighted by molar-refractivity contribution is 6.68. The number of benzene rings is 2. The molecule has 3 nitrogen and oxygen atoms in total. The molecule has 0 aliphatic rings. The van der Waals surface area contributed by atoms with Crippen molar-refractivity contribution >= 4 is 75.7 Å². The van der Waals surface area contributed by atoms with Crippen LogP contribution in [0.3, 0.4) is 0 Å². The molecule has 0 aromatic heterocycles. The van der Waals surface area contributed by atoms with Crippen molar-refractivity contribution in [2.75, 3.05) is 5.32 Å². The first kappa shape index (κ1) is 20.2. The topological polar surface area (TPSA) is 41.1 Å². The number of hydrogen-bond acceptors (Lipinski definition) is 2. The second-order valence-corrected chi connectivity index (χ2v) is 8.18. The fourth-order valence-corrected chi connectivity index (χ4v) is 2.50. The van der Waals surface area contributed by atoms with Crippen LogP contribution in [0.2, 0.25) is 10.0 Å². The van der Waals surface area contributed by atoms with Gasteiger partial charge >= 0.3 is 0 Å². The quantitative estimate of drug-likeness (QED) is 0.345. The van der Waals surface area contributed by atoms with Gasteiger partial charge in [-0.2, -0.15) is 0 Å². The van der Waals surface area contributed by atoms with E-state index in [-0.39, 0.29) is 0 Å². The van der Waals surface area contributed by atoms with Crippen molar-refractivity contribution in [2.45, 2.75) is 9.96 Å². The van der Waals surface area contributed by atoms with Crippen LogP contribution >= 0.6 is 58.0 Å². The zero-order chi connectivity index (χ0) is 18.4. The zero-order valence-electron chi connectivity index (χ0n) is 12.6. The summed E-state index contributed by atoms with van der Waals surface area (Å²) in [4.78, 5) is 12.1. The van der Waals surface area contributed by atoms with E-state index >= 15 is 0 Å². The number of halogens is 5. The Morgan fingerprint density at radius 3 is 2.28 bits per heavy atom. The van der Waals surface area contributed by atoms with Crippen molar-refractivity contribution < 1.29 is 4.79 Å². The van der Waals surface area contributed by atoms with E-state index in [0.29, 0.717) is 15.7 Å². The Kier molecular flexibility index (Phi) is 7.29. The Morgan fingerprint density at radius 1 is 1.00 bits per heavy atom. The van der Waals surface area contributed by atoms with Gasteiger partial charge < -0.3 is 10.6 Å².